The van der Waals surface area contributed by atoms with Gasteiger partial charge < -0.3 is 4.74 Å². The fourth-order valence-corrected chi connectivity index (χ4v) is 1.03. The van der Waals surface area contributed by atoms with Crippen molar-refractivity contribution in [1.82, 2.24) is 4.98 Å². The van der Waals surface area contributed by atoms with Crippen LogP contribution in [0.4, 0.5) is 8.78 Å². The molecule has 1 aromatic heterocycles. The SMILES string of the molecule is COC(=O)C(F)(F)c1ccc(Br)cn1. The van der Waals surface area contributed by atoms with Gasteiger partial charge in [0.05, 0.1) is 7.11 Å². The van der Waals surface area contributed by atoms with Gasteiger partial charge in [0.25, 0.3) is 0 Å². The average Bonchev–Trinajstić information content (AvgIpc) is 2.17. The molecule has 0 spiro atoms. The van der Waals surface area contributed by atoms with E-state index in [4.69, 9.17) is 0 Å². The number of carbonyl (C=O) groups is 1. The first-order valence-electron chi connectivity index (χ1n) is 3.56. The smallest absolute Gasteiger partial charge is 0.384 e. The minimum atomic E-state index is -3.70. The van der Waals surface area contributed by atoms with Gasteiger partial charge >= 0.3 is 11.9 Å². The summed E-state index contributed by atoms with van der Waals surface area (Å²) >= 11 is 3.04. The van der Waals surface area contributed by atoms with Crippen LogP contribution in [-0.4, -0.2) is 18.1 Å². The number of methoxy groups -OCH3 is 1. The van der Waals surface area contributed by atoms with E-state index in [-0.39, 0.29) is 0 Å². The lowest BCUT2D eigenvalue weighted by atomic mass is 10.2. The molecule has 76 valence electrons. The number of aromatic nitrogens is 1. The van der Waals surface area contributed by atoms with Gasteiger partial charge in [-0.2, -0.15) is 8.78 Å². The summed E-state index contributed by atoms with van der Waals surface area (Å²) in [7, 11) is 0.898. The fourth-order valence-electron chi connectivity index (χ4n) is 0.794. The van der Waals surface area contributed by atoms with E-state index in [0.717, 1.165) is 13.2 Å². The quantitative estimate of drug-likeness (QED) is 0.769. The molecule has 0 atom stereocenters. The Bertz CT molecular complexity index is 340. The molecule has 0 N–H and O–H groups in total. The van der Waals surface area contributed by atoms with Crippen molar-refractivity contribution in [3.05, 3.63) is 28.5 Å². The van der Waals surface area contributed by atoms with Crippen LogP contribution in [0.15, 0.2) is 22.8 Å². The average molecular weight is 266 g/mol. The summed E-state index contributed by atoms with van der Waals surface area (Å²) in [6, 6.07) is 2.43. The maximum Gasteiger partial charge on any atom is 0.384 e. The topological polar surface area (TPSA) is 39.2 Å². The number of esters is 1. The van der Waals surface area contributed by atoms with E-state index in [1.165, 1.54) is 12.3 Å². The maximum absolute atomic E-state index is 13.1. The molecule has 0 aliphatic rings. The normalized spacial score (nSPS) is 11.1. The van der Waals surface area contributed by atoms with Crippen LogP contribution < -0.4 is 0 Å². The summed E-state index contributed by atoms with van der Waals surface area (Å²) in [5.41, 5.74) is -0.632. The summed E-state index contributed by atoms with van der Waals surface area (Å²) in [6.45, 7) is 0. The molecule has 1 aromatic rings. The third-order valence-corrected chi connectivity index (χ3v) is 1.96. The zero-order valence-electron chi connectivity index (χ0n) is 7.13. The van der Waals surface area contributed by atoms with Crippen molar-refractivity contribution in [1.29, 1.82) is 0 Å². The molecule has 0 aliphatic heterocycles. The summed E-state index contributed by atoms with van der Waals surface area (Å²) in [5, 5.41) is 0. The summed E-state index contributed by atoms with van der Waals surface area (Å²) < 4.78 is 30.8. The number of alkyl halides is 2. The van der Waals surface area contributed by atoms with Gasteiger partial charge in [-0.05, 0) is 28.1 Å². The zero-order valence-corrected chi connectivity index (χ0v) is 8.72. The first-order chi connectivity index (χ1) is 6.48. The van der Waals surface area contributed by atoms with Gasteiger partial charge in [-0.15, -0.1) is 0 Å². The fraction of sp³-hybridized carbons (Fsp3) is 0.250. The number of hydrogen-bond acceptors (Lipinski definition) is 3. The monoisotopic (exact) mass is 265 g/mol. The Labute approximate surface area is 87.2 Å². The van der Waals surface area contributed by atoms with Crippen LogP contribution in [0.3, 0.4) is 0 Å². The highest BCUT2D eigenvalue weighted by molar-refractivity contribution is 9.10. The van der Waals surface area contributed by atoms with Crippen molar-refractivity contribution < 1.29 is 18.3 Å². The van der Waals surface area contributed by atoms with Gasteiger partial charge in [-0.1, -0.05) is 0 Å². The number of halogens is 3. The second-order valence-corrected chi connectivity index (χ2v) is 3.34. The van der Waals surface area contributed by atoms with E-state index in [1.807, 2.05) is 0 Å². The van der Waals surface area contributed by atoms with Crippen LogP contribution in [0, 0.1) is 0 Å². The van der Waals surface area contributed by atoms with E-state index >= 15 is 0 Å². The number of pyridine rings is 1. The molecule has 14 heavy (non-hydrogen) atoms. The lowest BCUT2D eigenvalue weighted by Gasteiger charge is -2.12. The predicted octanol–water partition coefficient (Wildman–Crippen LogP) is 2.11. The Morgan fingerprint density at radius 1 is 1.57 bits per heavy atom. The molecule has 0 bridgehead atoms. The van der Waals surface area contributed by atoms with Crippen molar-refractivity contribution in [2.45, 2.75) is 5.92 Å². The van der Waals surface area contributed by atoms with Crippen molar-refractivity contribution in [2.75, 3.05) is 7.11 Å². The van der Waals surface area contributed by atoms with Gasteiger partial charge in [-0.25, -0.2) is 4.79 Å². The van der Waals surface area contributed by atoms with Crippen LogP contribution in [0.5, 0.6) is 0 Å². The van der Waals surface area contributed by atoms with Crippen LogP contribution in [0.25, 0.3) is 0 Å². The summed E-state index contributed by atoms with van der Waals surface area (Å²) in [6.07, 6.45) is 1.19. The molecule has 6 heteroatoms. The second-order valence-electron chi connectivity index (χ2n) is 2.43. The lowest BCUT2D eigenvalue weighted by molar-refractivity contribution is -0.170. The van der Waals surface area contributed by atoms with Crippen LogP contribution in [0.1, 0.15) is 5.69 Å². The van der Waals surface area contributed by atoms with Crippen molar-refractivity contribution in [3.8, 4) is 0 Å². The second kappa shape index (κ2) is 4.00. The minimum absolute atomic E-state index is 0.557. The number of carbonyl (C=O) groups excluding carboxylic acids is 1. The van der Waals surface area contributed by atoms with E-state index in [0.29, 0.717) is 4.47 Å². The highest BCUT2D eigenvalue weighted by Crippen LogP contribution is 2.28. The first-order valence-corrected chi connectivity index (χ1v) is 4.36. The molecule has 0 aromatic carbocycles. The largest absolute Gasteiger partial charge is 0.464 e. The molecular formula is C8H6BrF2NO2. The van der Waals surface area contributed by atoms with Crippen molar-refractivity contribution >= 4 is 21.9 Å². The molecule has 1 rings (SSSR count). The first kappa shape index (κ1) is 11.0. The Balaban J connectivity index is 3.03. The summed E-state index contributed by atoms with van der Waals surface area (Å²) in [4.78, 5) is 14.1. The van der Waals surface area contributed by atoms with Gasteiger partial charge in [0.15, 0.2) is 0 Å². The van der Waals surface area contributed by atoms with E-state index in [2.05, 4.69) is 25.7 Å². The standard InChI is InChI=1S/C8H6BrF2NO2/c1-14-7(13)8(10,11)6-3-2-5(9)4-12-6/h2-4H,1H3. The predicted molar refractivity (Wildman–Crippen MR) is 47.8 cm³/mol. The van der Waals surface area contributed by atoms with Crippen LogP contribution in [0.2, 0.25) is 0 Å². The van der Waals surface area contributed by atoms with E-state index in [1.54, 1.807) is 0 Å². The molecule has 0 amide bonds. The van der Waals surface area contributed by atoms with Gasteiger partial charge in [0, 0.05) is 10.7 Å². The van der Waals surface area contributed by atoms with Crippen LogP contribution in [-0.2, 0) is 15.5 Å². The molecular weight excluding hydrogens is 260 g/mol. The van der Waals surface area contributed by atoms with Gasteiger partial charge in [0.2, 0.25) is 0 Å². The lowest BCUT2D eigenvalue weighted by Crippen LogP contribution is -2.28. The Morgan fingerprint density at radius 2 is 2.21 bits per heavy atom. The third kappa shape index (κ3) is 2.06. The van der Waals surface area contributed by atoms with E-state index < -0.39 is 17.6 Å². The number of ether oxygens (including phenoxy) is 1. The molecule has 0 unspecified atom stereocenters. The maximum atomic E-state index is 13.1. The Hall–Kier alpha value is -1.04. The van der Waals surface area contributed by atoms with Gasteiger partial charge in [-0.3, -0.25) is 4.98 Å². The molecule has 1 heterocycles. The van der Waals surface area contributed by atoms with Crippen LogP contribution >= 0.6 is 15.9 Å². The molecule has 3 nitrogen and oxygen atoms in total. The number of nitrogens with zero attached hydrogens (tertiary/aromatic N) is 1. The van der Waals surface area contributed by atoms with Crippen molar-refractivity contribution in [3.63, 3.8) is 0 Å². The molecule has 0 fully saturated rings. The highest BCUT2D eigenvalue weighted by atomic mass is 79.9. The van der Waals surface area contributed by atoms with Gasteiger partial charge in [0.1, 0.15) is 5.69 Å². The molecule has 0 radical (unpaired) electrons. The Kier molecular flexibility index (Phi) is 3.15. The zero-order chi connectivity index (χ0) is 10.8. The number of rotatable bonds is 2. The Morgan fingerprint density at radius 3 is 2.64 bits per heavy atom. The molecule has 0 aliphatic carbocycles. The molecule has 0 saturated heterocycles. The summed E-state index contributed by atoms with van der Waals surface area (Å²) in [5.74, 6) is -5.32. The van der Waals surface area contributed by atoms with E-state index in [9.17, 15) is 13.6 Å². The number of hydrogen-bond donors (Lipinski definition) is 0. The highest BCUT2D eigenvalue weighted by Gasteiger charge is 2.43. The van der Waals surface area contributed by atoms with Crippen molar-refractivity contribution in [2.24, 2.45) is 0 Å². The minimum Gasteiger partial charge on any atom is -0.464 e. The molecule has 0 saturated carbocycles. The third-order valence-electron chi connectivity index (χ3n) is 1.49.